The fourth-order valence-corrected chi connectivity index (χ4v) is 9.50. The predicted molar refractivity (Wildman–Crippen MR) is 362 cm³/mol. The maximum absolute atomic E-state index is 12.9. The number of rotatable bonds is 62. The average molecular weight is 1150 g/mol. The summed E-state index contributed by atoms with van der Waals surface area (Å²) in [6.07, 6.45) is 99.2. The molecule has 0 spiro atoms. The van der Waals surface area contributed by atoms with Crippen LogP contribution in [-0.4, -0.2) is 37.2 Å². The van der Waals surface area contributed by atoms with Crippen LogP contribution in [0.15, 0.2) is 134 Å². The molecule has 83 heavy (non-hydrogen) atoms. The van der Waals surface area contributed by atoms with Crippen LogP contribution in [0, 0.1) is 0 Å². The minimum absolute atomic E-state index is 0.0928. The van der Waals surface area contributed by atoms with Gasteiger partial charge in [-0.15, -0.1) is 0 Å². The Bertz CT molecular complexity index is 1750. The lowest BCUT2D eigenvalue weighted by Crippen LogP contribution is -2.30. The van der Waals surface area contributed by atoms with Gasteiger partial charge in [0.05, 0.1) is 0 Å². The topological polar surface area (TPSA) is 78.9 Å². The standard InChI is InChI=1S/C77H128O6/c1-4-7-10-13-16-19-22-25-27-29-30-31-32-33-34-35-36-37-38-39-40-41-42-43-44-45-46-48-49-52-55-58-61-64-67-70-76(79)82-73-74(72-81-75(78)69-66-63-60-57-54-51-24-21-18-15-12-9-6-3)83-77(80)71-68-65-62-59-56-53-50-47-28-26-23-20-17-14-11-8-5-2/h7-8,10-12,15-17,19-21,24-28,30-31,33-34,50,53,74H,4-6,9,13-14,18,22-23,29,32,35-49,51-52,54-73H2,1-3H3/b10-7-,11-8-,15-12-,19-16-,20-17-,24-21-,27-25-,28-26-,31-30-,34-33-,53-50-. The molecule has 0 aliphatic carbocycles. The summed E-state index contributed by atoms with van der Waals surface area (Å²) in [5.41, 5.74) is 0. The Labute approximate surface area is 513 Å². The van der Waals surface area contributed by atoms with E-state index in [9.17, 15) is 14.4 Å². The van der Waals surface area contributed by atoms with Crippen LogP contribution in [0.1, 0.15) is 316 Å². The van der Waals surface area contributed by atoms with Gasteiger partial charge >= 0.3 is 17.9 Å². The molecule has 6 heteroatoms. The number of hydrogen-bond acceptors (Lipinski definition) is 6. The van der Waals surface area contributed by atoms with Crippen LogP contribution in [0.25, 0.3) is 0 Å². The molecule has 0 saturated heterocycles. The molecule has 0 fully saturated rings. The first-order chi connectivity index (χ1) is 41.0. The zero-order valence-corrected chi connectivity index (χ0v) is 54.2. The van der Waals surface area contributed by atoms with Crippen molar-refractivity contribution in [2.24, 2.45) is 0 Å². The van der Waals surface area contributed by atoms with Crippen LogP contribution in [0.3, 0.4) is 0 Å². The second-order valence-electron chi connectivity index (χ2n) is 22.7. The molecule has 0 amide bonds. The molecule has 6 nitrogen and oxygen atoms in total. The molecule has 0 aromatic heterocycles. The summed E-state index contributed by atoms with van der Waals surface area (Å²) in [5, 5.41) is 0. The quantitative estimate of drug-likeness (QED) is 0.0261. The van der Waals surface area contributed by atoms with Gasteiger partial charge in [0.1, 0.15) is 13.2 Å². The Morgan fingerprint density at radius 1 is 0.253 bits per heavy atom. The van der Waals surface area contributed by atoms with E-state index >= 15 is 0 Å². The van der Waals surface area contributed by atoms with E-state index in [0.29, 0.717) is 19.3 Å². The summed E-state index contributed by atoms with van der Waals surface area (Å²) in [7, 11) is 0. The number of hydrogen-bond donors (Lipinski definition) is 0. The minimum atomic E-state index is -0.800. The fraction of sp³-hybridized carbons (Fsp3) is 0.675. The van der Waals surface area contributed by atoms with Gasteiger partial charge in [-0.1, -0.05) is 302 Å². The van der Waals surface area contributed by atoms with Gasteiger partial charge in [-0.2, -0.15) is 0 Å². The van der Waals surface area contributed by atoms with Crippen molar-refractivity contribution in [3.63, 3.8) is 0 Å². The van der Waals surface area contributed by atoms with Crippen LogP contribution in [0.5, 0.6) is 0 Å². The number of allylic oxidation sites excluding steroid dienone is 22. The first-order valence-electron chi connectivity index (χ1n) is 34.7. The van der Waals surface area contributed by atoms with Crippen molar-refractivity contribution >= 4 is 17.9 Å². The highest BCUT2D eigenvalue weighted by Gasteiger charge is 2.19. The highest BCUT2D eigenvalue weighted by Crippen LogP contribution is 2.17. The maximum atomic E-state index is 12.9. The molecule has 472 valence electrons. The van der Waals surface area contributed by atoms with Gasteiger partial charge in [0.2, 0.25) is 0 Å². The van der Waals surface area contributed by atoms with Gasteiger partial charge in [0.25, 0.3) is 0 Å². The van der Waals surface area contributed by atoms with Crippen molar-refractivity contribution in [2.45, 2.75) is 322 Å². The molecular weight excluding hydrogens is 1020 g/mol. The lowest BCUT2D eigenvalue weighted by molar-refractivity contribution is -0.167. The number of carbonyl (C=O) groups is 3. The Kier molecular flexibility index (Phi) is 66.3. The minimum Gasteiger partial charge on any atom is -0.462 e. The van der Waals surface area contributed by atoms with E-state index in [-0.39, 0.29) is 31.1 Å². The molecule has 0 N–H and O–H groups in total. The summed E-state index contributed by atoms with van der Waals surface area (Å²) in [6, 6.07) is 0. The summed E-state index contributed by atoms with van der Waals surface area (Å²) < 4.78 is 16.9. The number of ether oxygens (including phenoxy) is 3. The molecule has 0 radical (unpaired) electrons. The summed E-state index contributed by atoms with van der Waals surface area (Å²) in [5.74, 6) is -0.924. The average Bonchev–Trinajstić information content (AvgIpc) is 3.49. The number of unbranched alkanes of at least 4 members (excludes halogenated alkanes) is 29. The molecular formula is C77H128O6. The van der Waals surface area contributed by atoms with Crippen LogP contribution >= 0.6 is 0 Å². The van der Waals surface area contributed by atoms with E-state index in [0.717, 1.165) is 161 Å². The monoisotopic (exact) mass is 1150 g/mol. The van der Waals surface area contributed by atoms with Gasteiger partial charge in [0.15, 0.2) is 6.10 Å². The molecule has 0 saturated carbocycles. The molecule has 1 unspecified atom stereocenters. The van der Waals surface area contributed by atoms with Crippen molar-refractivity contribution in [1.82, 2.24) is 0 Å². The Hall–Kier alpha value is -4.45. The number of carbonyl (C=O) groups excluding carboxylic acids is 3. The predicted octanol–water partition coefficient (Wildman–Crippen LogP) is 24.1. The van der Waals surface area contributed by atoms with Gasteiger partial charge < -0.3 is 14.2 Å². The van der Waals surface area contributed by atoms with Crippen LogP contribution in [0.4, 0.5) is 0 Å². The van der Waals surface area contributed by atoms with Gasteiger partial charge in [-0.05, 0) is 128 Å². The molecule has 0 bridgehead atoms. The third-order valence-corrected chi connectivity index (χ3v) is 14.6. The van der Waals surface area contributed by atoms with E-state index in [1.807, 2.05) is 0 Å². The highest BCUT2D eigenvalue weighted by molar-refractivity contribution is 5.71. The third kappa shape index (κ3) is 68.2. The lowest BCUT2D eigenvalue weighted by Gasteiger charge is -2.18. The largest absolute Gasteiger partial charge is 0.462 e. The second kappa shape index (κ2) is 70.0. The zero-order valence-electron chi connectivity index (χ0n) is 54.2. The third-order valence-electron chi connectivity index (χ3n) is 14.6. The maximum Gasteiger partial charge on any atom is 0.306 e. The van der Waals surface area contributed by atoms with E-state index in [1.165, 1.54) is 116 Å². The van der Waals surface area contributed by atoms with Crippen LogP contribution < -0.4 is 0 Å². The molecule has 0 heterocycles. The van der Waals surface area contributed by atoms with E-state index in [2.05, 4.69) is 154 Å². The van der Waals surface area contributed by atoms with Gasteiger partial charge in [-0.25, -0.2) is 0 Å². The molecule has 1 atom stereocenters. The fourth-order valence-electron chi connectivity index (χ4n) is 9.50. The van der Waals surface area contributed by atoms with Crippen molar-refractivity contribution in [1.29, 1.82) is 0 Å². The van der Waals surface area contributed by atoms with Crippen molar-refractivity contribution < 1.29 is 28.6 Å². The van der Waals surface area contributed by atoms with Gasteiger partial charge in [-0.3, -0.25) is 14.4 Å². The Morgan fingerprint density at radius 2 is 0.470 bits per heavy atom. The Morgan fingerprint density at radius 3 is 0.735 bits per heavy atom. The first kappa shape index (κ1) is 78.5. The summed E-state index contributed by atoms with van der Waals surface area (Å²) >= 11 is 0. The van der Waals surface area contributed by atoms with E-state index < -0.39 is 6.10 Å². The van der Waals surface area contributed by atoms with Crippen molar-refractivity contribution in [3.8, 4) is 0 Å². The Balaban J connectivity index is 4.18. The number of esters is 3. The van der Waals surface area contributed by atoms with Crippen molar-refractivity contribution in [2.75, 3.05) is 13.2 Å². The molecule has 0 aromatic rings. The highest BCUT2D eigenvalue weighted by atomic mass is 16.6. The van der Waals surface area contributed by atoms with E-state index in [4.69, 9.17) is 14.2 Å². The molecule has 0 aliphatic heterocycles. The second-order valence-corrected chi connectivity index (χ2v) is 22.7. The normalized spacial score (nSPS) is 13.0. The van der Waals surface area contributed by atoms with Crippen LogP contribution in [0.2, 0.25) is 0 Å². The zero-order chi connectivity index (χ0) is 59.9. The first-order valence-corrected chi connectivity index (χ1v) is 34.7. The van der Waals surface area contributed by atoms with Crippen molar-refractivity contribution in [3.05, 3.63) is 134 Å². The van der Waals surface area contributed by atoms with Crippen LogP contribution in [-0.2, 0) is 28.6 Å². The SMILES string of the molecule is CC/C=C\C/C=C\C/C=C\C/C=C\C/C=C\CCCCCCCCCCCCCCCCCCCCCC(=O)OCC(COC(=O)CCCCCCC/C=C\C/C=C\CCC)OC(=O)CCCCCC/C=C\C/C=C\C/C=C\C/C=C\CC. The smallest absolute Gasteiger partial charge is 0.306 e. The summed E-state index contributed by atoms with van der Waals surface area (Å²) in [6.45, 7) is 6.33. The summed E-state index contributed by atoms with van der Waals surface area (Å²) in [4.78, 5) is 38.3. The lowest BCUT2D eigenvalue weighted by atomic mass is 10.0. The molecule has 0 rings (SSSR count). The van der Waals surface area contributed by atoms with E-state index in [1.54, 1.807) is 0 Å². The van der Waals surface area contributed by atoms with Gasteiger partial charge in [0, 0.05) is 19.3 Å². The molecule has 0 aromatic carbocycles. The molecule has 0 aliphatic rings.